The topological polar surface area (TPSA) is 234 Å². The molecular weight excluding hydrogens is 516 g/mol. The number of nitrogens with two attached hydrogens (primary N) is 4. The summed E-state index contributed by atoms with van der Waals surface area (Å²) < 4.78 is 5.57. The number of hydrogen-bond acceptors (Lipinski definition) is 6. The summed E-state index contributed by atoms with van der Waals surface area (Å²) in [6.45, 7) is 0.492. The lowest BCUT2D eigenvalue weighted by Crippen LogP contribution is -2.51. The Labute approximate surface area is 232 Å². The molecule has 214 valence electrons. The maximum Gasteiger partial charge on any atom is 0.407 e. The zero-order valence-corrected chi connectivity index (χ0v) is 22.1. The fourth-order valence-electron chi connectivity index (χ4n) is 4.59. The number of carboxylic acids is 1. The molecule has 0 spiro atoms. The lowest BCUT2D eigenvalue weighted by atomic mass is 9.98. The van der Waals surface area contributed by atoms with Gasteiger partial charge in [-0.1, -0.05) is 48.5 Å². The molecule has 2 aromatic rings. The van der Waals surface area contributed by atoms with Crippen molar-refractivity contribution in [2.75, 3.05) is 19.7 Å². The molecule has 13 nitrogen and oxygen atoms in total. The van der Waals surface area contributed by atoms with E-state index in [2.05, 4.69) is 20.6 Å². The van der Waals surface area contributed by atoms with E-state index in [1.807, 2.05) is 48.5 Å². The summed E-state index contributed by atoms with van der Waals surface area (Å²) in [5.74, 6) is -2.26. The van der Waals surface area contributed by atoms with Crippen LogP contribution in [0.4, 0.5) is 4.79 Å². The SMILES string of the molecule is NC(N)=NCCC[C@H](NC(=O)[C@H](CCCN=C(N)N)NC(=O)OCC1c2ccccc2-c2ccccc21)C(=O)O. The van der Waals surface area contributed by atoms with Gasteiger partial charge in [0.2, 0.25) is 5.91 Å². The van der Waals surface area contributed by atoms with Crippen molar-refractivity contribution in [1.29, 1.82) is 0 Å². The van der Waals surface area contributed by atoms with E-state index in [-0.39, 0.29) is 50.4 Å². The van der Waals surface area contributed by atoms with E-state index in [4.69, 9.17) is 27.7 Å². The van der Waals surface area contributed by atoms with E-state index in [1.54, 1.807) is 0 Å². The Morgan fingerprint density at radius 1 is 0.800 bits per heavy atom. The van der Waals surface area contributed by atoms with Crippen molar-refractivity contribution in [3.8, 4) is 11.1 Å². The second kappa shape index (κ2) is 14.4. The van der Waals surface area contributed by atoms with Crippen LogP contribution in [0.3, 0.4) is 0 Å². The number of carboxylic acid groups (broad SMARTS) is 1. The number of hydrogen-bond donors (Lipinski definition) is 7. The van der Waals surface area contributed by atoms with Crippen LogP contribution < -0.4 is 33.6 Å². The Hall–Kier alpha value is -4.81. The average Bonchev–Trinajstić information content (AvgIpc) is 3.24. The number of carbonyl (C=O) groups is 3. The molecule has 0 radical (unpaired) electrons. The van der Waals surface area contributed by atoms with Crippen molar-refractivity contribution >= 4 is 29.9 Å². The summed E-state index contributed by atoms with van der Waals surface area (Å²) in [6.07, 6.45) is 0.103. The molecule has 0 bridgehead atoms. The molecular formula is C27H36N8O5. The van der Waals surface area contributed by atoms with Gasteiger partial charge in [-0.25, -0.2) is 9.59 Å². The van der Waals surface area contributed by atoms with Crippen LogP contribution in [-0.4, -0.2) is 66.8 Å². The van der Waals surface area contributed by atoms with Gasteiger partial charge in [0, 0.05) is 19.0 Å². The first-order valence-corrected chi connectivity index (χ1v) is 12.9. The molecule has 40 heavy (non-hydrogen) atoms. The third-order valence-corrected chi connectivity index (χ3v) is 6.46. The molecule has 2 aromatic carbocycles. The second-order valence-electron chi connectivity index (χ2n) is 9.32. The highest BCUT2D eigenvalue weighted by Crippen LogP contribution is 2.44. The molecule has 0 unspecified atom stereocenters. The van der Waals surface area contributed by atoms with Gasteiger partial charge in [0.25, 0.3) is 0 Å². The summed E-state index contributed by atoms with van der Waals surface area (Å²) in [4.78, 5) is 45.3. The van der Waals surface area contributed by atoms with E-state index in [0.717, 1.165) is 22.3 Å². The lowest BCUT2D eigenvalue weighted by molar-refractivity contribution is -0.142. The first-order valence-electron chi connectivity index (χ1n) is 12.9. The molecule has 11 N–H and O–H groups in total. The van der Waals surface area contributed by atoms with Crippen LogP contribution >= 0.6 is 0 Å². The zero-order valence-electron chi connectivity index (χ0n) is 22.1. The van der Waals surface area contributed by atoms with Gasteiger partial charge in [0.15, 0.2) is 11.9 Å². The number of rotatable bonds is 14. The number of carbonyl (C=O) groups excluding carboxylic acids is 2. The monoisotopic (exact) mass is 552 g/mol. The van der Waals surface area contributed by atoms with Gasteiger partial charge in [-0.05, 0) is 47.9 Å². The molecule has 13 heteroatoms. The molecule has 1 aliphatic rings. The van der Waals surface area contributed by atoms with Crippen molar-refractivity contribution in [2.24, 2.45) is 32.9 Å². The van der Waals surface area contributed by atoms with Crippen molar-refractivity contribution in [3.05, 3.63) is 59.7 Å². The highest BCUT2D eigenvalue weighted by Gasteiger charge is 2.30. The number of aliphatic imine (C=N–C) groups is 2. The van der Waals surface area contributed by atoms with Crippen molar-refractivity contribution < 1.29 is 24.2 Å². The van der Waals surface area contributed by atoms with Crippen molar-refractivity contribution in [1.82, 2.24) is 10.6 Å². The highest BCUT2D eigenvalue weighted by atomic mass is 16.5. The number of ether oxygens (including phenoxy) is 1. The molecule has 0 heterocycles. The van der Waals surface area contributed by atoms with E-state index < -0.39 is 30.1 Å². The Morgan fingerprint density at radius 2 is 1.30 bits per heavy atom. The summed E-state index contributed by atoms with van der Waals surface area (Å²) in [5, 5.41) is 14.6. The highest BCUT2D eigenvalue weighted by molar-refractivity contribution is 5.89. The van der Waals surface area contributed by atoms with Gasteiger partial charge in [0.1, 0.15) is 18.7 Å². The molecule has 0 aliphatic heterocycles. The predicted octanol–water partition coefficient (Wildman–Crippen LogP) is 0.570. The Bertz CT molecular complexity index is 1210. The molecule has 2 atom stereocenters. The third-order valence-electron chi connectivity index (χ3n) is 6.46. The van der Waals surface area contributed by atoms with E-state index >= 15 is 0 Å². The predicted molar refractivity (Wildman–Crippen MR) is 151 cm³/mol. The minimum atomic E-state index is -1.22. The standard InChI is InChI=1S/C27H36N8O5/c28-25(29)32-13-5-11-21(23(36)34-22(24(37)38)12-6-14-33-26(30)31)35-27(39)40-15-20-18-9-3-1-7-16(18)17-8-2-4-10-19(17)20/h1-4,7-10,20-22H,5-6,11-15H2,(H,34,36)(H,35,39)(H,37,38)(H4,28,29,32)(H4,30,31,33)/t21-,22-/m0/s1. The second-order valence-corrected chi connectivity index (χ2v) is 9.32. The fraction of sp³-hybridized carbons (Fsp3) is 0.370. The molecule has 3 rings (SSSR count). The van der Waals surface area contributed by atoms with Crippen molar-refractivity contribution in [2.45, 2.75) is 43.7 Å². The van der Waals surface area contributed by atoms with Gasteiger partial charge in [0.05, 0.1) is 0 Å². The van der Waals surface area contributed by atoms with E-state index in [9.17, 15) is 19.5 Å². The van der Waals surface area contributed by atoms with Gasteiger partial charge < -0.3 is 43.4 Å². The van der Waals surface area contributed by atoms with Crippen LogP contribution in [0.2, 0.25) is 0 Å². The molecule has 2 amide bonds. The summed E-state index contributed by atoms with van der Waals surface area (Å²) in [6, 6.07) is 13.6. The quantitative estimate of drug-likeness (QED) is 0.0984. The third kappa shape index (κ3) is 8.35. The van der Waals surface area contributed by atoms with Crippen molar-refractivity contribution in [3.63, 3.8) is 0 Å². The number of fused-ring (bicyclic) bond motifs is 3. The van der Waals surface area contributed by atoms with E-state index in [1.165, 1.54) is 0 Å². The molecule has 0 aromatic heterocycles. The normalized spacial score (nSPS) is 13.2. The van der Waals surface area contributed by atoms with Gasteiger partial charge >= 0.3 is 12.1 Å². The van der Waals surface area contributed by atoms with E-state index in [0.29, 0.717) is 12.8 Å². The number of nitrogens with zero attached hydrogens (tertiary/aromatic N) is 2. The summed E-state index contributed by atoms with van der Waals surface area (Å²) in [7, 11) is 0. The molecule has 0 fully saturated rings. The maximum atomic E-state index is 13.1. The summed E-state index contributed by atoms with van der Waals surface area (Å²) in [5.41, 5.74) is 25.6. The molecule has 1 aliphatic carbocycles. The summed E-state index contributed by atoms with van der Waals surface area (Å²) >= 11 is 0. The number of aliphatic carboxylic acids is 1. The first-order chi connectivity index (χ1) is 19.2. The van der Waals surface area contributed by atoms with Crippen LogP contribution in [0, 0.1) is 0 Å². The minimum absolute atomic E-state index is 0.0603. The largest absolute Gasteiger partial charge is 0.480 e. The number of alkyl carbamates (subject to hydrolysis) is 1. The Balaban J connectivity index is 1.65. The first kappa shape index (κ1) is 29.7. The Kier molecular flexibility index (Phi) is 10.7. The number of amides is 2. The van der Waals surface area contributed by atoms with Crippen LogP contribution in [0.5, 0.6) is 0 Å². The van der Waals surface area contributed by atoms with Crippen LogP contribution in [-0.2, 0) is 14.3 Å². The molecule has 0 saturated heterocycles. The number of guanidine groups is 2. The smallest absolute Gasteiger partial charge is 0.407 e. The lowest BCUT2D eigenvalue weighted by Gasteiger charge is -2.22. The maximum absolute atomic E-state index is 13.1. The minimum Gasteiger partial charge on any atom is -0.480 e. The number of nitrogens with one attached hydrogen (secondary N) is 2. The zero-order chi connectivity index (χ0) is 29.1. The van der Waals surface area contributed by atoms with Gasteiger partial charge in [-0.3, -0.25) is 14.8 Å². The van der Waals surface area contributed by atoms with Crippen LogP contribution in [0.15, 0.2) is 58.5 Å². The van der Waals surface area contributed by atoms with Crippen LogP contribution in [0.25, 0.3) is 11.1 Å². The fourth-order valence-corrected chi connectivity index (χ4v) is 4.59. The molecule has 0 saturated carbocycles. The van der Waals surface area contributed by atoms with Crippen LogP contribution in [0.1, 0.15) is 42.7 Å². The van der Waals surface area contributed by atoms with Gasteiger partial charge in [-0.2, -0.15) is 0 Å². The average molecular weight is 553 g/mol. The Morgan fingerprint density at radius 3 is 1.80 bits per heavy atom. The van der Waals surface area contributed by atoms with Gasteiger partial charge in [-0.15, -0.1) is 0 Å². The number of benzene rings is 2.